The van der Waals surface area contributed by atoms with Crippen LogP contribution in [0.3, 0.4) is 0 Å². The van der Waals surface area contributed by atoms with Crippen LogP contribution in [0.2, 0.25) is 0 Å². The average molecular weight is 389 g/mol. The van der Waals surface area contributed by atoms with Crippen LogP contribution >= 0.6 is 0 Å². The van der Waals surface area contributed by atoms with E-state index in [1.54, 1.807) is 0 Å². The number of hydrogen-bond acceptors (Lipinski definition) is 3. The number of carbonyl (C=O) groups is 1. The van der Waals surface area contributed by atoms with Gasteiger partial charge in [-0.1, -0.05) is 25.1 Å². The summed E-state index contributed by atoms with van der Waals surface area (Å²) in [5.74, 6) is 0.658. The van der Waals surface area contributed by atoms with Crippen LogP contribution < -0.4 is 10.6 Å². The second-order valence-electron chi connectivity index (χ2n) is 8.62. The normalized spacial score (nSPS) is 20.0. The molecule has 0 bridgehead atoms. The van der Waals surface area contributed by atoms with Gasteiger partial charge in [0.15, 0.2) is 0 Å². The summed E-state index contributed by atoms with van der Waals surface area (Å²) in [5.41, 5.74) is 6.62. The molecule has 1 amide bonds. The lowest BCUT2D eigenvalue weighted by molar-refractivity contribution is -0.116. The molecule has 2 atom stereocenters. The van der Waals surface area contributed by atoms with Crippen molar-refractivity contribution in [2.24, 2.45) is 0 Å². The van der Waals surface area contributed by atoms with Gasteiger partial charge in [0, 0.05) is 35.4 Å². The zero-order chi connectivity index (χ0) is 20.1. The van der Waals surface area contributed by atoms with Crippen molar-refractivity contribution in [3.05, 3.63) is 42.1 Å². The molecule has 1 aromatic heterocycles. The molecular formula is C24H28N4O. The van der Waals surface area contributed by atoms with Crippen molar-refractivity contribution in [3.63, 3.8) is 0 Å². The van der Waals surface area contributed by atoms with Gasteiger partial charge in [0.2, 0.25) is 5.91 Å². The van der Waals surface area contributed by atoms with E-state index in [0.717, 1.165) is 28.9 Å². The van der Waals surface area contributed by atoms with E-state index in [0.29, 0.717) is 18.4 Å². The number of rotatable bonds is 4. The Bertz CT molecular complexity index is 1100. The number of benzene rings is 2. The van der Waals surface area contributed by atoms with Crippen LogP contribution in [0.15, 0.2) is 36.4 Å². The summed E-state index contributed by atoms with van der Waals surface area (Å²) in [6, 6.07) is 13.3. The molecule has 2 heterocycles. The highest BCUT2D eigenvalue weighted by Crippen LogP contribution is 2.44. The first kappa shape index (κ1) is 18.2. The van der Waals surface area contributed by atoms with Crippen LogP contribution in [0.1, 0.15) is 64.1 Å². The Hall–Kier alpha value is -2.82. The molecule has 2 N–H and O–H groups in total. The molecule has 5 rings (SSSR count). The average Bonchev–Trinajstić information content (AvgIpc) is 3.50. The SMILES string of the molecule is CCC(C)n1nc(C2CC2)c2cc(-c3cccc4c3N[C@H](C)CC(=O)N4)ccc21. The first-order valence-corrected chi connectivity index (χ1v) is 10.8. The van der Waals surface area contributed by atoms with Gasteiger partial charge in [-0.05, 0) is 56.9 Å². The molecule has 1 unspecified atom stereocenters. The predicted molar refractivity (Wildman–Crippen MR) is 118 cm³/mol. The highest BCUT2D eigenvalue weighted by Gasteiger charge is 2.30. The van der Waals surface area contributed by atoms with E-state index in [2.05, 4.69) is 60.4 Å². The minimum Gasteiger partial charge on any atom is -0.380 e. The van der Waals surface area contributed by atoms with Crippen LogP contribution in [-0.2, 0) is 4.79 Å². The van der Waals surface area contributed by atoms with Crippen molar-refractivity contribution in [1.29, 1.82) is 0 Å². The summed E-state index contributed by atoms with van der Waals surface area (Å²) < 4.78 is 2.21. The van der Waals surface area contributed by atoms with E-state index >= 15 is 0 Å². The molecule has 2 aliphatic rings. The van der Waals surface area contributed by atoms with E-state index in [9.17, 15) is 4.79 Å². The van der Waals surface area contributed by atoms with Crippen LogP contribution in [0.25, 0.3) is 22.0 Å². The number of nitrogens with zero attached hydrogens (tertiary/aromatic N) is 2. The standard InChI is InChI=1S/C24H28N4O/c1-4-15(3)28-21-11-10-17(13-19(21)23(27-28)16-8-9-16)18-6-5-7-20-24(18)25-14(2)12-22(29)26-20/h5-7,10-11,13-16,25H,4,8-9,12H2,1-3H3,(H,26,29)/t14-,15?/m1/s1. The maximum absolute atomic E-state index is 12.1. The summed E-state index contributed by atoms with van der Waals surface area (Å²) in [6.45, 7) is 6.50. The van der Waals surface area contributed by atoms with Gasteiger partial charge in [-0.3, -0.25) is 9.48 Å². The first-order chi connectivity index (χ1) is 14.0. The second kappa shape index (κ2) is 6.90. The zero-order valence-electron chi connectivity index (χ0n) is 17.3. The summed E-state index contributed by atoms with van der Waals surface area (Å²) >= 11 is 0. The fraction of sp³-hybridized carbons (Fsp3) is 0.417. The lowest BCUT2D eigenvalue weighted by atomic mass is 9.99. The Balaban J connectivity index is 1.66. The predicted octanol–water partition coefficient (Wildman–Crippen LogP) is 5.69. The summed E-state index contributed by atoms with van der Waals surface area (Å²) in [7, 11) is 0. The number of hydrogen-bond donors (Lipinski definition) is 2. The smallest absolute Gasteiger partial charge is 0.226 e. The molecule has 150 valence electrons. The van der Waals surface area contributed by atoms with Gasteiger partial charge >= 0.3 is 0 Å². The van der Waals surface area contributed by atoms with Crippen molar-refractivity contribution in [2.75, 3.05) is 10.6 Å². The topological polar surface area (TPSA) is 59.0 Å². The molecular weight excluding hydrogens is 360 g/mol. The molecule has 2 aromatic carbocycles. The van der Waals surface area contributed by atoms with E-state index in [-0.39, 0.29) is 11.9 Å². The molecule has 0 radical (unpaired) electrons. The number of fused-ring (bicyclic) bond motifs is 2. The van der Waals surface area contributed by atoms with E-state index in [1.807, 2.05) is 12.1 Å². The number of nitrogens with one attached hydrogen (secondary N) is 2. The Morgan fingerprint density at radius 2 is 2.07 bits per heavy atom. The summed E-state index contributed by atoms with van der Waals surface area (Å²) in [4.78, 5) is 12.1. The molecule has 1 aliphatic carbocycles. The molecule has 0 saturated heterocycles. The van der Waals surface area contributed by atoms with Crippen molar-refractivity contribution in [3.8, 4) is 11.1 Å². The van der Waals surface area contributed by atoms with Gasteiger partial charge < -0.3 is 10.6 Å². The Morgan fingerprint density at radius 3 is 2.83 bits per heavy atom. The lowest BCUT2D eigenvalue weighted by Crippen LogP contribution is -2.19. The largest absolute Gasteiger partial charge is 0.380 e. The molecule has 1 fully saturated rings. The fourth-order valence-corrected chi connectivity index (χ4v) is 4.33. The highest BCUT2D eigenvalue weighted by molar-refractivity contribution is 6.01. The number of anilines is 2. The van der Waals surface area contributed by atoms with Crippen LogP contribution in [-0.4, -0.2) is 21.7 Å². The highest BCUT2D eigenvalue weighted by atomic mass is 16.1. The first-order valence-electron chi connectivity index (χ1n) is 10.8. The number of amides is 1. The molecule has 29 heavy (non-hydrogen) atoms. The maximum atomic E-state index is 12.1. The second-order valence-corrected chi connectivity index (χ2v) is 8.62. The van der Waals surface area contributed by atoms with Crippen LogP contribution in [0, 0.1) is 0 Å². The Morgan fingerprint density at radius 1 is 1.24 bits per heavy atom. The van der Waals surface area contributed by atoms with E-state index in [1.165, 1.54) is 29.4 Å². The maximum Gasteiger partial charge on any atom is 0.226 e. The zero-order valence-corrected chi connectivity index (χ0v) is 17.3. The number of carbonyl (C=O) groups excluding carboxylic acids is 1. The van der Waals surface area contributed by atoms with E-state index < -0.39 is 0 Å². The van der Waals surface area contributed by atoms with Gasteiger partial charge in [0.05, 0.1) is 22.6 Å². The van der Waals surface area contributed by atoms with Crippen LogP contribution in [0.4, 0.5) is 11.4 Å². The molecule has 5 heteroatoms. The summed E-state index contributed by atoms with van der Waals surface area (Å²) in [6.07, 6.45) is 4.02. The van der Waals surface area contributed by atoms with Gasteiger partial charge in [-0.2, -0.15) is 5.10 Å². The molecule has 0 spiro atoms. The van der Waals surface area contributed by atoms with Gasteiger partial charge in [-0.25, -0.2) is 0 Å². The third-order valence-electron chi connectivity index (χ3n) is 6.24. The van der Waals surface area contributed by atoms with Crippen molar-refractivity contribution in [2.45, 2.75) is 64.5 Å². The van der Waals surface area contributed by atoms with Crippen molar-refractivity contribution < 1.29 is 4.79 Å². The molecule has 3 aromatic rings. The van der Waals surface area contributed by atoms with Crippen molar-refractivity contribution >= 4 is 28.2 Å². The number of para-hydroxylation sites is 1. The number of aromatic nitrogens is 2. The summed E-state index contributed by atoms with van der Waals surface area (Å²) in [5, 5.41) is 12.9. The van der Waals surface area contributed by atoms with Crippen LogP contribution in [0.5, 0.6) is 0 Å². The van der Waals surface area contributed by atoms with E-state index in [4.69, 9.17) is 5.10 Å². The Labute approximate surface area is 171 Å². The molecule has 1 aliphatic heterocycles. The molecule has 1 saturated carbocycles. The molecule has 5 nitrogen and oxygen atoms in total. The third-order valence-corrected chi connectivity index (χ3v) is 6.24. The van der Waals surface area contributed by atoms with Crippen molar-refractivity contribution in [1.82, 2.24) is 9.78 Å². The Kier molecular flexibility index (Phi) is 4.34. The van der Waals surface area contributed by atoms with Gasteiger partial charge in [0.1, 0.15) is 0 Å². The monoisotopic (exact) mass is 388 g/mol. The minimum atomic E-state index is 0.0576. The van der Waals surface area contributed by atoms with Gasteiger partial charge in [-0.15, -0.1) is 0 Å². The quantitative estimate of drug-likeness (QED) is 0.603. The lowest BCUT2D eigenvalue weighted by Gasteiger charge is -2.17. The minimum absolute atomic E-state index is 0.0576. The fourth-order valence-electron chi connectivity index (χ4n) is 4.33. The van der Waals surface area contributed by atoms with Gasteiger partial charge in [0.25, 0.3) is 0 Å². The third kappa shape index (κ3) is 3.18.